The van der Waals surface area contributed by atoms with Gasteiger partial charge in [0.25, 0.3) is 5.91 Å². The fourth-order valence-electron chi connectivity index (χ4n) is 3.58. The molecule has 3 rings (SSSR count). The summed E-state index contributed by atoms with van der Waals surface area (Å²) in [6.07, 6.45) is 0. The number of nitrogens with one attached hydrogen (secondary N) is 2. The number of piperazine rings is 1. The zero-order valence-electron chi connectivity index (χ0n) is 16.0. The molecule has 0 aromatic heterocycles. The number of para-hydroxylation sites is 1. The zero-order valence-corrected chi connectivity index (χ0v) is 16.0. The summed E-state index contributed by atoms with van der Waals surface area (Å²) < 4.78 is 27.5. The molecule has 1 atom stereocenters. The molecule has 1 heterocycles. The molecule has 2 N–H and O–H groups in total. The van der Waals surface area contributed by atoms with Crippen LogP contribution in [0.2, 0.25) is 0 Å². The number of rotatable bonds is 4. The first-order valence-corrected chi connectivity index (χ1v) is 9.29. The van der Waals surface area contributed by atoms with Crippen molar-refractivity contribution in [2.24, 2.45) is 0 Å². The number of hydrogen-bond donors (Lipinski definition) is 2. The monoisotopic (exact) mass is 374 g/mol. The SMILES string of the molecule is Cc1cccc(N2CC[NH+]([C@H](C)C(=O)Nc3c(F)cccc3F)CC2)c1C. The van der Waals surface area contributed by atoms with Crippen LogP contribution in [0.5, 0.6) is 0 Å². The van der Waals surface area contributed by atoms with E-state index < -0.39 is 11.6 Å². The van der Waals surface area contributed by atoms with Gasteiger partial charge in [-0.15, -0.1) is 0 Å². The summed E-state index contributed by atoms with van der Waals surface area (Å²) in [5.41, 5.74) is 3.41. The fourth-order valence-corrected chi connectivity index (χ4v) is 3.58. The van der Waals surface area contributed by atoms with Gasteiger partial charge in [0.05, 0.1) is 26.2 Å². The van der Waals surface area contributed by atoms with Crippen LogP contribution < -0.4 is 15.1 Å². The van der Waals surface area contributed by atoms with Crippen molar-refractivity contribution in [2.45, 2.75) is 26.8 Å². The van der Waals surface area contributed by atoms with Gasteiger partial charge < -0.3 is 15.1 Å². The predicted molar refractivity (Wildman–Crippen MR) is 103 cm³/mol. The smallest absolute Gasteiger partial charge is 0.282 e. The lowest BCUT2D eigenvalue weighted by molar-refractivity contribution is -0.914. The molecule has 0 spiro atoms. The van der Waals surface area contributed by atoms with Crippen LogP contribution in [0.1, 0.15) is 18.1 Å². The molecular weight excluding hydrogens is 348 g/mol. The maximum atomic E-state index is 13.8. The van der Waals surface area contributed by atoms with E-state index in [1.807, 2.05) is 0 Å². The molecule has 1 amide bonds. The molecule has 6 heteroatoms. The van der Waals surface area contributed by atoms with Crippen molar-refractivity contribution in [2.75, 3.05) is 36.4 Å². The highest BCUT2D eigenvalue weighted by atomic mass is 19.1. The van der Waals surface area contributed by atoms with Gasteiger partial charge in [-0.2, -0.15) is 0 Å². The van der Waals surface area contributed by atoms with Gasteiger partial charge in [-0.3, -0.25) is 4.79 Å². The lowest BCUT2D eigenvalue weighted by Gasteiger charge is -2.36. The molecule has 4 nitrogen and oxygen atoms in total. The van der Waals surface area contributed by atoms with Crippen LogP contribution in [0.3, 0.4) is 0 Å². The van der Waals surface area contributed by atoms with Gasteiger partial charge in [0.15, 0.2) is 6.04 Å². The molecule has 0 unspecified atom stereocenters. The van der Waals surface area contributed by atoms with Crippen LogP contribution in [0.25, 0.3) is 0 Å². The van der Waals surface area contributed by atoms with Gasteiger partial charge in [-0.1, -0.05) is 18.2 Å². The van der Waals surface area contributed by atoms with Gasteiger partial charge in [-0.25, -0.2) is 8.78 Å². The summed E-state index contributed by atoms with van der Waals surface area (Å²) in [5, 5.41) is 2.41. The molecule has 0 radical (unpaired) electrons. The van der Waals surface area contributed by atoms with Crippen LogP contribution in [-0.2, 0) is 4.79 Å². The predicted octanol–water partition coefficient (Wildman–Crippen LogP) is 2.31. The van der Waals surface area contributed by atoms with E-state index in [1.165, 1.54) is 22.9 Å². The van der Waals surface area contributed by atoms with Crippen molar-refractivity contribution in [3.63, 3.8) is 0 Å². The summed E-state index contributed by atoms with van der Waals surface area (Å²) in [6, 6.07) is 9.47. The topological polar surface area (TPSA) is 36.8 Å². The van der Waals surface area contributed by atoms with Crippen LogP contribution in [0, 0.1) is 25.5 Å². The third-order valence-corrected chi connectivity index (χ3v) is 5.54. The average Bonchev–Trinajstić information content (AvgIpc) is 2.66. The summed E-state index contributed by atoms with van der Waals surface area (Å²) in [5.74, 6) is -1.88. The minimum absolute atomic E-state index is 0.366. The van der Waals surface area contributed by atoms with E-state index in [-0.39, 0.29) is 17.6 Å². The Kier molecular flexibility index (Phi) is 5.75. The Balaban J connectivity index is 1.62. The van der Waals surface area contributed by atoms with Crippen molar-refractivity contribution in [1.29, 1.82) is 0 Å². The second-order valence-electron chi connectivity index (χ2n) is 7.17. The van der Waals surface area contributed by atoms with Gasteiger partial charge in [-0.05, 0) is 50.1 Å². The van der Waals surface area contributed by atoms with Crippen molar-refractivity contribution in [3.8, 4) is 0 Å². The van der Waals surface area contributed by atoms with Gasteiger partial charge in [0.1, 0.15) is 17.3 Å². The second kappa shape index (κ2) is 8.05. The standard InChI is InChI=1S/C21H25F2N3O/c1-14-6-4-9-19(15(14)2)26-12-10-25(11-13-26)16(3)21(27)24-20-17(22)7-5-8-18(20)23/h4-9,16H,10-13H2,1-3H3,(H,24,27)/p+1/t16-/m1/s1. The summed E-state index contributed by atoms with van der Waals surface area (Å²) in [7, 11) is 0. The Labute approximate surface area is 158 Å². The molecule has 1 aliphatic heterocycles. The molecule has 0 aliphatic carbocycles. The zero-order chi connectivity index (χ0) is 19.6. The number of quaternary nitrogens is 1. The Hall–Kier alpha value is -2.47. The van der Waals surface area contributed by atoms with Gasteiger partial charge in [0.2, 0.25) is 0 Å². The molecular formula is C21H26F2N3O+. The highest BCUT2D eigenvalue weighted by Gasteiger charge is 2.30. The van der Waals surface area contributed by atoms with E-state index in [0.29, 0.717) is 0 Å². The van der Waals surface area contributed by atoms with E-state index in [1.54, 1.807) is 6.92 Å². The van der Waals surface area contributed by atoms with E-state index in [4.69, 9.17) is 0 Å². The number of benzene rings is 2. The number of nitrogens with zero attached hydrogens (tertiary/aromatic N) is 1. The maximum Gasteiger partial charge on any atom is 0.282 e. The fraction of sp³-hybridized carbons (Fsp3) is 0.381. The quantitative estimate of drug-likeness (QED) is 0.862. The average molecular weight is 374 g/mol. The number of aryl methyl sites for hydroxylation is 1. The molecule has 0 saturated carbocycles. The van der Waals surface area contributed by atoms with Gasteiger partial charge in [0, 0.05) is 5.69 Å². The Morgan fingerprint density at radius 2 is 1.67 bits per heavy atom. The first-order chi connectivity index (χ1) is 12.9. The molecule has 2 aromatic carbocycles. The number of amides is 1. The highest BCUT2D eigenvalue weighted by Crippen LogP contribution is 2.22. The lowest BCUT2D eigenvalue weighted by Crippen LogP contribution is -3.19. The van der Waals surface area contributed by atoms with Crippen molar-refractivity contribution in [1.82, 2.24) is 0 Å². The maximum absolute atomic E-state index is 13.8. The van der Waals surface area contributed by atoms with Crippen LogP contribution in [-0.4, -0.2) is 38.1 Å². The molecule has 27 heavy (non-hydrogen) atoms. The summed E-state index contributed by atoms with van der Waals surface area (Å²) in [4.78, 5) is 15.9. The summed E-state index contributed by atoms with van der Waals surface area (Å²) >= 11 is 0. The van der Waals surface area contributed by atoms with Crippen molar-refractivity contribution < 1.29 is 18.5 Å². The van der Waals surface area contributed by atoms with E-state index in [0.717, 1.165) is 43.2 Å². The Morgan fingerprint density at radius 3 is 2.30 bits per heavy atom. The van der Waals surface area contributed by atoms with E-state index in [9.17, 15) is 13.6 Å². The second-order valence-corrected chi connectivity index (χ2v) is 7.17. The number of anilines is 2. The number of hydrogen-bond acceptors (Lipinski definition) is 2. The lowest BCUT2D eigenvalue weighted by atomic mass is 10.1. The first kappa shape index (κ1) is 19.3. The molecule has 144 valence electrons. The van der Waals surface area contributed by atoms with Crippen molar-refractivity contribution >= 4 is 17.3 Å². The molecule has 0 bridgehead atoms. The third kappa shape index (κ3) is 4.11. The molecule has 1 fully saturated rings. The minimum atomic E-state index is -0.759. The van der Waals surface area contributed by atoms with Crippen LogP contribution in [0.4, 0.5) is 20.2 Å². The highest BCUT2D eigenvalue weighted by molar-refractivity contribution is 5.93. The largest absolute Gasteiger partial charge is 0.360 e. The van der Waals surface area contributed by atoms with E-state index >= 15 is 0 Å². The van der Waals surface area contributed by atoms with Crippen LogP contribution in [0.15, 0.2) is 36.4 Å². The minimum Gasteiger partial charge on any atom is -0.360 e. The first-order valence-electron chi connectivity index (χ1n) is 9.29. The van der Waals surface area contributed by atoms with Crippen molar-refractivity contribution in [3.05, 3.63) is 59.2 Å². The summed E-state index contributed by atoms with van der Waals surface area (Å²) in [6.45, 7) is 9.30. The number of carbonyl (C=O) groups excluding carboxylic acids is 1. The molecule has 1 aliphatic rings. The Bertz CT molecular complexity index is 812. The third-order valence-electron chi connectivity index (χ3n) is 5.54. The van der Waals surface area contributed by atoms with E-state index in [2.05, 4.69) is 42.3 Å². The van der Waals surface area contributed by atoms with Gasteiger partial charge >= 0.3 is 0 Å². The Morgan fingerprint density at radius 1 is 1.07 bits per heavy atom. The molecule has 2 aromatic rings. The van der Waals surface area contributed by atoms with Crippen LogP contribution >= 0.6 is 0 Å². The number of carbonyl (C=O) groups is 1. The number of halogens is 2. The normalized spacial score (nSPS) is 16.3. The molecule has 1 saturated heterocycles.